The van der Waals surface area contributed by atoms with E-state index in [0.29, 0.717) is 6.61 Å². The minimum atomic E-state index is -0.260. The molecule has 2 heteroatoms. The molecule has 0 spiro atoms. The van der Waals surface area contributed by atoms with Gasteiger partial charge in [0.1, 0.15) is 5.75 Å². The molecular formula is C18H27NO. The second-order valence-corrected chi connectivity index (χ2v) is 7.20. The number of nitriles is 1. The third-order valence-corrected chi connectivity index (χ3v) is 3.45. The fourth-order valence-corrected chi connectivity index (χ4v) is 2.11. The van der Waals surface area contributed by atoms with Crippen LogP contribution in [0.4, 0.5) is 0 Å². The van der Waals surface area contributed by atoms with E-state index in [1.807, 2.05) is 13.8 Å². The lowest BCUT2D eigenvalue weighted by atomic mass is 9.85. The lowest BCUT2D eigenvalue weighted by molar-refractivity contribution is 0.278. The number of ether oxygens (including phenoxy) is 1. The van der Waals surface area contributed by atoms with Crippen LogP contribution in [-0.4, -0.2) is 6.61 Å². The van der Waals surface area contributed by atoms with Crippen LogP contribution in [0.15, 0.2) is 18.2 Å². The fraction of sp³-hybridized carbons (Fsp3) is 0.611. The predicted octanol–water partition coefficient (Wildman–Crippen LogP) is 5.00. The molecular weight excluding hydrogens is 246 g/mol. The summed E-state index contributed by atoms with van der Waals surface area (Å²) in [6, 6.07) is 8.68. The van der Waals surface area contributed by atoms with Crippen molar-refractivity contribution in [1.82, 2.24) is 0 Å². The van der Waals surface area contributed by atoms with Crippen LogP contribution < -0.4 is 4.74 Å². The maximum absolute atomic E-state index is 9.00. The van der Waals surface area contributed by atoms with Crippen molar-refractivity contribution in [2.75, 3.05) is 6.61 Å². The van der Waals surface area contributed by atoms with Crippen LogP contribution in [0.25, 0.3) is 0 Å². The summed E-state index contributed by atoms with van der Waals surface area (Å²) in [5, 5.41) is 9.00. The van der Waals surface area contributed by atoms with Crippen molar-refractivity contribution in [3.8, 4) is 11.8 Å². The first-order valence-corrected chi connectivity index (χ1v) is 7.31. The Morgan fingerprint density at radius 2 is 1.80 bits per heavy atom. The van der Waals surface area contributed by atoms with Gasteiger partial charge in [0.15, 0.2) is 0 Å². The number of benzene rings is 1. The monoisotopic (exact) mass is 273 g/mol. The highest BCUT2D eigenvalue weighted by atomic mass is 16.5. The third kappa shape index (κ3) is 4.89. The Balaban J connectivity index is 2.68. The molecule has 0 N–H and O–H groups in total. The number of rotatable bonds is 5. The highest BCUT2D eigenvalue weighted by Crippen LogP contribution is 2.32. The topological polar surface area (TPSA) is 33.0 Å². The van der Waals surface area contributed by atoms with Crippen LogP contribution in [0.3, 0.4) is 0 Å². The molecule has 0 aliphatic carbocycles. The highest BCUT2D eigenvalue weighted by Gasteiger charge is 2.20. The Morgan fingerprint density at radius 3 is 2.35 bits per heavy atom. The quantitative estimate of drug-likeness (QED) is 0.707. The van der Waals surface area contributed by atoms with Crippen LogP contribution in [0.1, 0.15) is 58.6 Å². The SMILES string of the molecule is Cc1ccc(OCCCC(C)(C)C#N)c(C(C)(C)C)c1. The van der Waals surface area contributed by atoms with Crippen LogP contribution in [0.5, 0.6) is 5.75 Å². The van der Waals surface area contributed by atoms with E-state index in [9.17, 15) is 0 Å². The molecule has 2 nitrogen and oxygen atoms in total. The number of hydrogen-bond donors (Lipinski definition) is 0. The molecule has 0 saturated heterocycles. The zero-order chi connectivity index (χ0) is 15.4. The fourth-order valence-electron chi connectivity index (χ4n) is 2.11. The zero-order valence-corrected chi connectivity index (χ0v) is 13.7. The summed E-state index contributed by atoms with van der Waals surface area (Å²) in [5.74, 6) is 0.970. The van der Waals surface area contributed by atoms with Gasteiger partial charge in [0.25, 0.3) is 0 Å². The molecule has 1 aromatic carbocycles. The summed E-state index contributed by atoms with van der Waals surface area (Å²) in [5.41, 5.74) is 2.32. The van der Waals surface area contributed by atoms with Crippen molar-refractivity contribution in [3.63, 3.8) is 0 Å². The van der Waals surface area contributed by atoms with Crippen LogP contribution >= 0.6 is 0 Å². The number of nitrogens with zero attached hydrogens (tertiary/aromatic N) is 1. The molecule has 0 saturated carbocycles. The van der Waals surface area contributed by atoms with Crippen LogP contribution in [0.2, 0.25) is 0 Å². The molecule has 110 valence electrons. The molecule has 20 heavy (non-hydrogen) atoms. The van der Waals surface area contributed by atoms with Crippen molar-refractivity contribution < 1.29 is 4.74 Å². The summed E-state index contributed by atoms with van der Waals surface area (Å²) >= 11 is 0. The Bertz CT molecular complexity index is 489. The van der Waals surface area contributed by atoms with Gasteiger partial charge in [-0.15, -0.1) is 0 Å². The first-order valence-electron chi connectivity index (χ1n) is 7.31. The third-order valence-electron chi connectivity index (χ3n) is 3.45. The molecule has 0 bridgehead atoms. The highest BCUT2D eigenvalue weighted by molar-refractivity contribution is 5.41. The molecule has 0 aromatic heterocycles. The van der Waals surface area contributed by atoms with Gasteiger partial charge in [0.2, 0.25) is 0 Å². The molecule has 0 aliphatic rings. The minimum absolute atomic E-state index is 0.0767. The Kier molecular flexibility index (Phi) is 5.22. The van der Waals surface area contributed by atoms with E-state index < -0.39 is 0 Å². The van der Waals surface area contributed by atoms with Crippen LogP contribution in [0, 0.1) is 23.7 Å². The van der Waals surface area contributed by atoms with Gasteiger partial charge in [-0.1, -0.05) is 38.5 Å². The molecule has 0 heterocycles. The largest absolute Gasteiger partial charge is 0.493 e. The molecule has 0 unspecified atom stereocenters. The lowest BCUT2D eigenvalue weighted by Crippen LogP contribution is -2.15. The van der Waals surface area contributed by atoms with Gasteiger partial charge in [-0.2, -0.15) is 5.26 Å². The Morgan fingerprint density at radius 1 is 1.15 bits per heavy atom. The van der Waals surface area contributed by atoms with E-state index in [0.717, 1.165) is 18.6 Å². The average Bonchev–Trinajstić information content (AvgIpc) is 2.35. The van der Waals surface area contributed by atoms with Crippen LogP contribution in [-0.2, 0) is 5.41 Å². The number of hydrogen-bond acceptors (Lipinski definition) is 2. The second-order valence-electron chi connectivity index (χ2n) is 7.20. The number of aryl methyl sites for hydroxylation is 1. The zero-order valence-electron chi connectivity index (χ0n) is 13.7. The predicted molar refractivity (Wildman–Crippen MR) is 84.0 cm³/mol. The van der Waals surface area contributed by atoms with Gasteiger partial charge >= 0.3 is 0 Å². The van der Waals surface area contributed by atoms with Crippen molar-refractivity contribution in [2.45, 2.75) is 59.8 Å². The molecule has 0 atom stereocenters. The smallest absolute Gasteiger partial charge is 0.123 e. The summed E-state index contributed by atoms with van der Waals surface area (Å²) in [6.07, 6.45) is 1.76. The van der Waals surface area contributed by atoms with Gasteiger partial charge in [0, 0.05) is 0 Å². The van der Waals surface area contributed by atoms with Crippen molar-refractivity contribution in [1.29, 1.82) is 5.26 Å². The maximum atomic E-state index is 9.00. The summed E-state index contributed by atoms with van der Waals surface area (Å²) < 4.78 is 5.95. The van der Waals surface area contributed by atoms with Gasteiger partial charge < -0.3 is 4.74 Å². The molecule has 0 aliphatic heterocycles. The normalized spacial score (nSPS) is 12.1. The van der Waals surface area contributed by atoms with E-state index in [2.05, 4.69) is 52.0 Å². The maximum Gasteiger partial charge on any atom is 0.123 e. The second kappa shape index (κ2) is 6.31. The van der Waals surface area contributed by atoms with Crippen molar-refractivity contribution in [2.24, 2.45) is 5.41 Å². The average molecular weight is 273 g/mol. The van der Waals surface area contributed by atoms with E-state index in [-0.39, 0.29) is 10.8 Å². The summed E-state index contributed by atoms with van der Waals surface area (Å²) in [7, 11) is 0. The molecule has 1 rings (SSSR count). The summed E-state index contributed by atoms with van der Waals surface area (Å²) in [4.78, 5) is 0. The Labute approximate surface area is 123 Å². The van der Waals surface area contributed by atoms with Gasteiger partial charge in [-0.25, -0.2) is 0 Å². The van der Waals surface area contributed by atoms with Crippen molar-refractivity contribution >= 4 is 0 Å². The van der Waals surface area contributed by atoms with Gasteiger partial charge in [0.05, 0.1) is 18.1 Å². The lowest BCUT2D eigenvalue weighted by Gasteiger charge is -2.24. The molecule has 0 radical (unpaired) electrons. The first kappa shape index (κ1) is 16.6. The molecule has 0 fully saturated rings. The van der Waals surface area contributed by atoms with E-state index in [1.54, 1.807) is 0 Å². The van der Waals surface area contributed by atoms with E-state index >= 15 is 0 Å². The first-order chi connectivity index (χ1) is 9.15. The van der Waals surface area contributed by atoms with E-state index in [4.69, 9.17) is 10.00 Å². The molecule has 1 aromatic rings. The summed E-state index contributed by atoms with van der Waals surface area (Å²) in [6.45, 7) is 13.3. The van der Waals surface area contributed by atoms with Gasteiger partial charge in [-0.05, 0) is 50.7 Å². The van der Waals surface area contributed by atoms with Crippen molar-refractivity contribution in [3.05, 3.63) is 29.3 Å². The molecule has 0 amide bonds. The van der Waals surface area contributed by atoms with E-state index in [1.165, 1.54) is 11.1 Å². The standard InChI is InChI=1S/C18H27NO/c1-14-8-9-16(15(12-14)17(2,3)4)20-11-7-10-18(5,6)13-19/h8-9,12H,7,10-11H2,1-6H3. The minimum Gasteiger partial charge on any atom is -0.493 e. The van der Waals surface area contributed by atoms with Gasteiger partial charge in [-0.3, -0.25) is 0 Å². The Hall–Kier alpha value is -1.49.